The SMILES string of the molecule is C=CCC1=CCC(OC(=O)[C@@H]2C(C=C(Cl)Cl)C2(C)C)C1. The molecule has 0 bridgehead atoms. The standard InChI is InChI=1S/C16H20Cl2O2/c1-4-5-10-6-7-11(8-10)20-15(19)14-12(9-13(17)18)16(14,2)3/h4,6,9,11-12,14H,1,5,7-8H2,2-3H3/t11?,12?,14-/m0/s1. The quantitative estimate of drug-likeness (QED) is 0.539. The lowest BCUT2D eigenvalue weighted by molar-refractivity contribution is -0.151. The maximum absolute atomic E-state index is 12.3. The molecule has 2 aliphatic carbocycles. The fraction of sp³-hybridized carbons (Fsp3) is 0.562. The van der Waals surface area contributed by atoms with Gasteiger partial charge in [0.1, 0.15) is 10.6 Å². The highest BCUT2D eigenvalue weighted by molar-refractivity contribution is 6.55. The van der Waals surface area contributed by atoms with E-state index in [0.29, 0.717) is 0 Å². The first-order valence-electron chi connectivity index (χ1n) is 6.88. The van der Waals surface area contributed by atoms with E-state index in [1.54, 1.807) is 6.08 Å². The van der Waals surface area contributed by atoms with Crippen molar-refractivity contribution < 1.29 is 9.53 Å². The van der Waals surface area contributed by atoms with Crippen LogP contribution in [-0.4, -0.2) is 12.1 Å². The number of ether oxygens (including phenoxy) is 1. The fourth-order valence-corrected chi connectivity index (χ4v) is 3.28. The summed E-state index contributed by atoms with van der Waals surface area (Å²) in [5.41, 5.74) is 1.18. The van der Waals surface area contributed by atoms with E-state index < -0.39 is 0 Å². The van der Waals surface area contributed by atoms with E-state index in [0.717, 1.165) is 19.3 Å². The molecule has 0 spiro atoms. The third-order valence-electron chi connectivity index (χ3n) is 4.32. The number of hydrogen-bond acceptors (Lipinski definition) is 2. The Morgan fingerprint density at radius 3 is 2.85 bits per heavy atom. The molecule has 0 aromatic heterocycles. The number of carbonyl (C=O) groups is 1. The molecule has 110 valence electrons. The molecule has 0 radical (unpaired) electrons. The van der Waals surface area contributed by atoms with Crippen LogP contribution in [0, 0.1) is 17.3 Å². The van der Waals surface area contributed by atoms with Crippen LogP contribution in [0.1, 0.15) is 33.1 Å². The Balaban J connectivity index is 1.88. The maximum atomic E-state index is 12.3. The summed E-state index contributed by atoms with van der Waals surface area (Å²) in [5.74, 6) is -0.204. The normalized spacial score (nSPS) is 30.4. The zero-order chi connectivity index (χ0) is 14.9. The fourth-order valence-electron chi connectivity index (χ4n) is 3.01. The topological polar surface area (TPSA) is 26.3 Å². The molecule has 1 fully saturated rings. The van der Waals surface area contributed by atoms with Gasteiger partial charge in [0.15, 0.2) is 0 Å². The molecule has 4 heteroatoms. The van der Waals surface area contributed by atoms with Crippen LogP contribution in [0.2, 0.25) is 0 Å². The van der Waals surface area contributed by atoms with E-state index in [2.05, 4.69) is 12.7 Å². The molecular weight excluding hydrogens is 295 g/mol. The van der Waals surface area contributed by atoms with Crippen molar-refractivity contribution in [3.63, 3.8) is 0 Å². The number of carbonyl (C=O) groups excluding carboxylic acids is 1. The second-order valence-electron chi connectivity index (χ2n) is 6.14. The van der Waals surface area contributed by atoms with Gasteiger partial charge in [-0.2, -0.15) is 0 Å². The van der Waals surface area contributed by atoms with Gasteiger partial charge in [-0.3, -0.25) is 4.79 Å². The van der Waals surface area contributed by atoms with E-state index in [1.165, 1.54) is 5.57 Å². The predicted molar refractivity (Wildman–Crippen MR) is 82.6 cm³/mol. The number of allylic oxidation sites excluding steroid dienone is 2. The first kappa shape index (κ1) is 15.7. The van der Waals surface area contributed by atoms with Crippen LogP contribution in [0.5, 0.6) is 0 Å². The number of hydrogen-bond donors (Lipinski definition) is 0. The molecule has 1 saturated carbocycles. The van der Waals surface area contributed by atoms with Crippen LogP contribution in [0.25, 0.3) is 0 Å². The summed E-state index contributed by atoms with van der Waals surface area (Å²) in [6, 6.07) is 0. The van der Waals surface area contributed by atoms with Gasteiger partial charge in [0.05, 0.1) is 5.92 Å². The number of halogens is 2. The van der Waals surface area contributed by atoms with E-state index in [-0.39, 0.29) is 33.8 Å². The van der Waals surface area contributed by atoms with Gasteiger partial charge < -0.3 is 4.74 Å². The molecule has 0 amide bonds. The van der Waals surface area contributed by atoms with Crippen LogP contribution in [0.4, 0.5) is 0 Å². The monoisotopic (exact) mass is 314 g/mol. The molecule has 2 aliphatic rings. The summed E-state index contributed by atoms with van der Waals surface area (Å²) in [6.45, 7) is 7.79. The molecule has 2 rings (SSSR count). The van der Waals surface area contributed by atoms with Gasteiger partial charge in [-0.25, -0.2) is 0 Å². The summed E-state index contributed by atoms with van der Waals surface area (Å²) < 4.78 is 5.84. The van der Waals surface area contributed by atoms with E-state index in [1.807, 2.05) is 19.9 Å². The summed E-state index contributed by atoms with van der Waals surface area (Å²) in [4.78, 5) is 12.3. The van der Waals surface area contributed by atoms with Crippen molar-refractivity contribution in [3.8, 4) is 0 Å². The van der Waals surface area contributed by atoms with Crippen molar-refractivity contribution in [2.75, 3.05) is 0 Å². The van der Waals surface area contributed by atoms with Gasteiger partial charge in [0.2, 0.25) is 0 Å². The first-order valence-corrected chi connectivity index (χ1v) is 7.64. The van der Waals surface area contributed by atoms with Crippen molar-refractivity contribution >= 4 is 29.2 Å². The zero-order valence-corrected chi connectivity index (χ0v) is 13.4. The number of rotatable bonds is 5. The second kappa shape index (κ2) is 5.95. The molecular formula is C16H20Cl2O2. The molecule has 0 aromatic carbocycles. The Bertz CT molecular complexity index is 473. The highest BCUT2D eigenvalue weighted by Crippen LogP contribution is 2.60. The lowest BCUT2D eigenvalue weighted by atomic mass is 10.1. The highest BCUT2D eigenvalue weighted by Gasteiger charge is 2.61. The van der Waals surface area contributed by atoms with Crippen LogP contribution in [-0.2, 0) is 9.53 Å². The Hall–Kier alpha value is -0.730. The van der Waals surface area contributed by atoms with Gasteiger partial charge >= 0.3 is 5.97 Å². The molecule has 20 heavy (non-hydrogen) atoms. The Kier molecular flexibility index (Phi) is 4.66. The third kappa shape index (κ3) is 3.29. The maximum Gasteiger partial charge on any atom is 0.310 e. The summed E-state index contributed by atoms with van der Waals surface area (Å²) in [7, 11) is 0. The molecule has 2 nitrogen and oxygen atoms in total. The van der Waals surface area contributed by atoms with Gasteiger partial charge in [0, 0.05) is 12.8 Å². The van der Waals surface area contributed by atoms with E-state index >= 15 is 0 Å². The van der Waals surface area contributed by atoms with E-state index in [9.17, 15) is 4.79 Å². The van der Waals surface area contributed by atoms with Gasteiger partial charge in [-0.15, -0.1) is 6.58 Å². The van der Waals surface area contributed by atoms with Gasteiger partial charge in [-0.05, 0) is 23.8 Å². The molecule has 0 aromatic rings. The Morgan fingerprint density at radius 1 is 1.55 bits per heavy atom. The summed E-state index contributed by atoms with van der Waals surface area (Å²) >= 11 is 11.4. The predicted octanol–water partition coefficient (Wildman–Crippen LogP) is 4.79. The summed E-state index contributed by atoms with van der Waals surface area (Å²) in [5, 5.41) is 0. The van der Waals surface area contributed by atoms with Crippen LogP contribution < -0.4 is 0 Å². The molecule has 0 N–H and O–H groups in total. The van der Waals surface area contributed by atoms with Crippen molar-refractivity contribution in [3.05, 3.63) is 34.9 Å². The van der Waals surface area contributed by atoms with Gasteiger partial charge in [0.25, 0.3) is 0 Å². The van der Waals surface area contributed by atoms with Crippen LogP contribution in [0.15, 0.2) is 34.9 Å². The van der Waals surface area contributed by atoms with E-state index in [4.69, 9.17) is 27.9 Å². The molecule has 0 aliphatic heterocycles. The second-order valence-corrected chi connectivity index (χ2v) is 7.14. The smallest absolute Gasteiger partial charge is 0.310 e. The molecule has 0 saturated heterocycles. The highest BCUT2D eigenvalue weighted by atomic mass is 35.5. The van der Waals surface area contributed by atoms with Crippen LogP contribution >= 0.6 is 23.2 Å². The van der Waals surface area contributed by atoms with Crippen molar-refractivity contribution in [1.29, 1.82) is 0 Å². The average molecular weight is 315 g/mol. The minimum absolute atomic E-state index is 0.0232. The van der Waals surface area contributed by atoms with Crippen molar-refractivity contribution in [1.82, 2.24) is 0 Å². The van der Waals surface area contributed by atoms with Crippen molar-refractivity contribution in [2.45, 2.75) is 39.2 Å². The summed E-state index contributed by atoms with van der Waals surface area (Å²) in [6.07, 6.45) is 8.24. The van der Waals surface area contributed by atoms with Crippen molar-refractivity contribution in [2.24, 2.45) is 17.3 Å². The average Bonchev–Trinajstić information content (AvgIpc) is 2.70. The molecule has 2 unspecified atom stereocenters. The lowest BCUT2D eigenvalue weighted by Crippen LogP contribution is -2.18. The Morgan fingerprint density at radius 2 is 2.25 bits per heavy atom. The van der Waals surface area contributed by atoms with Crippen LogP contribution in [0.3, 0.4) is 0 Å². The lowest BCUT2D eigenvalue weighted by Gasteiger charge is -2.13. The largest absolute Gasteiger partial charge is 0.461 e. The third-order valence-corrected chi connectivity index (χ3v) is 4.57. The zero-order valence-electron chi connectivity index (χ0n) is 11.9. The molecule has 3 atom stereocenters. The molecule has 0 heterocycles. The Labute approximate surface area is 130 Å². The minimum atomic E-state index is -0.140. The van der Waals surface area contributed by atoms with Gasteiger partial charge in [-0.1, -0.05) is 54.8 Å². The first-order chi connectivity index (χ1) is 9.36. The number of esters is 1. The minimum Gasteiger partial charge on any atom is -0.461 e.